The zero-order valence-corrected chi connectivity index (χ0v) is 11.9. The van der Waals surface area contributed by atoms with E-state index in [4.69, 9.17) is 16.9 Å². The number of halogens is 1. The smallest absolute Gasteiger partial charge is 0.327 e. The van der Waals surface area contributed by atoms with Crippen molar-refractivity contribution in [2.75, 3.05) is 7.11 Å². The van der Waals surface area contributed by atoms with E-state index in [0.717, 1.165) is 11.8 Å². The molecule has 0 bridgehead atoms. The number of esters is 1. The quantitative estimate of drug-likeness (QED) is 0.790. The first-order valence-electron chi connectivity index (χ1n) is 5.34. The fourth-order valence-electron chi connectivity index (χ4n) is 1.33. The fourth-order valence-corrected chi connectivity index (χ4v) is 2.45. The third kappa shape index (κ3) is 3.26. The monoisotopic (exact) mass is 309 g/mol. The molecule has 0 aliphatic heterocycles. The van der Waals surface area contributed by atoms with Gasteiger partial charge in [-0.2, -0.15) is 5.26 Å². The van der Waals surface area contributed by atoms with Crippen LogP contribution in [-0.4, -0.2) is 33.3 Å². The second-order valence-corrected chi connectivity index (χ2v) is 5.00. The highest BCUT2D eigenvalue weighted by Crippen LogP contribution is 2.30. The standard InChI is InChI=1S/C11H8ClN5O2S/c1-19-10(18)6-17-11(14-15-16-17)20-9-4-8(12)3-2-7(9)5-13/h2-4H,6H2,1H3. The average Bonchev–Trinajstić information content (AvgIpc) is 2.86. The highest BCUT2D eigenvalue weighted by Gasteiger charge is 2.14. The maximum Gasteiger partial charge on any atom is 0.327 e. The van der Waals surface area contributed by atoms with Crippen LogP contribution in [0.1, 0.15) is 5.56 Å². The van der Waals surface area contributed by atoms with E-state index in [0.29, 0.717) is 20.6 Å². The molecule has 2 rings (SSSR count). The van der Waals surface area contributed by atoms with Gasteiger partial charge < -0.3 is 4.74 Å². The lowest BCUT2D eigenvalue weighted by Crippen LogP contribution is -2.13. The second kappa shape index (κ2) is 6.36. The van der Waals surface area contributed by atoms with Crippen molar-refractivity contribution in [1.29, 1.82) is 5.26 Å². The summed E-state index contributed by atoms with van der Waals surface area (Å²) in [5.74, 6) is -0.467. The Balaban J connectivity index is 2.27. The molecule has 102 valence electrons. The van der Waals surface area contributed by atoms with Crippen LogP contribution in [0.25, 0.3) is 0 Å². The molecule has 7 nitrogen and oxygen atoms in total. The maximum absolute atomic E-state index is 11.2. The molecule has 0 amide bonds. The van der Waals surface area contributed by atoms with Crippen molar-refractivity contribution in [2.24, 2.45) is 0 Å². The fraction of sp³-hybridized carbons (Fsp3) is 0.182. The Hall–Kier alpha value is -2.11. The Morgan fingerprint density at radius 2 is 2.40 bits per heavy atom. The summed E-state index contributed by atoms with van der Waals surface area (Å²) >= 11 is 7.06. The second-order valence-electron chi connectivity index (χ2n) is 3.55. The zero-order valence-electron chi connectivity index (χ0n) is 10.3. The number of methoxy groups -OCH3 is 1. The van der Waals surface area contributed by atoms with E-state index in [1.165, 1.54) is 11.8 Å². The van der Waals surface area contributed by atoms with Gasteiger partial charge in [-0.1, -0.05) is 11.6 Å². The van der Waals surface area contributed by atoms with E-state index in [1.54, 1.807) is 18.2 Å². The van der Waals surface area contributed by atoms with Crippen molar-refractivity contribution >= 4 is 29.3 Å². The van der Waals surface area contributed by atoms with Gasteiger partial charge in [0.25, 0.3) is 0 Å². The highest BCUT2D eigenvalue weighted by atomic mass is 35.5. The molecule has 0 radical (unpaired) electrons. The molecule has 2 aromatic rings. The summed E-state index contributed by atoms with van der Waals surface area (Å²) in [5.41, 5.74) is 0.451. The van der Waals surface area contributed by atoms with Gasteiger partial charge in [-0.3, -0.25) is 4.79 Å². The Morgan fingerprint density at radius 3 is 3.10 bits per heavy atom. The van der Waals surface area contributed by atoms with Crippen molar-refractivity contribution in [1.82, 2.24) is 20.2 Å². The van der Waals surface area contributed by atoms with Gasteiger partial charge in [-0.25, -0.2) is 4.68 Å². The van der Waals surface area contributed by atoms with Crippen LogP contribution < -0.4 is 0 Å². The van der Waals surface area contributed by atoms with Gasteiger partial charge in [-0.05, 0) is 40.4 Å². The van der Waals surface area contributed by atoms with E-state index in [2.05, 4.69) is 26.3 Å². The number of aromatic nitrogens is 4. The lowest BCUT2D eigenvalue weighted by Gasteiger charge is -2.04. The van der Waals surface area contributed by atoms with E-state index in [9.17, 15) is 4.79 Å². The molecule has 20 heavy (non-hydrogen) atoms. The van der Waals surface area contributed by atoms with Crippen LogP contribution in [0, 0.1) is 11.3 Å². The van der Waals surface area contributed by atoms with Crippen LogP contribution in [0.4, 0.5) is 0 Å². The summed E-state index contributed by atoms with van der Waals surface area (Å²) in [6.45, 7) is -0.103. The van der Waals surface area contributed by atoms with Gasteiger partial charge in [0.2, 0.25) is 5.16 Å². The summed E-state index contributed by atoms with van der Waals surface area (Å²) in [5, 5.41) is 20.9. The summed E-state index contributed by atoms with van der Waals surface area (Å²) in [4.78, 5) is 11.9. The molecule has 1 aromatic carbocycles. The van der Waals surface area contributed by atoms with Crippen LogP contribution in [0.5, 0.6) is 0 Å². The number of ether oxygens (including phenoxy) is 1. The van der Waals surface area contributed by atoms with Gasteiger partial charge in [0.05, 0.1) is 12.7 Å². The SMILES string of the molecule is COC(=O)Cn1nnnc1Sc1cc(Cl)ccc1C#N. The van der Waals surface area contributed by atoms with Gasteiger partial charge in [0.1, 0.15) is 12.6 Å². The molecule has 1 heterocycles. The van der Waals surface area contributed by atoms with Crippen molar-refractivity contribution < 1.29 is 9.53 Å². The predicted molar refractivity (Wildman–Crippen MR) is 70.1 cm³/mol. The highest BCUT2D eigenvalue weighted by molar-refractivity contribution is 7.99. The summed E-state index contributed by atoms with van der Waals surface area (Å²) in [7, 11) is 1.28. The summed E-state index contributed by atoms with van der Waals surface area (Å²) in [6.07, 6.45) is 0. The lowest BCUT2D eigenvalue weighted by atomic mass is 10.2. The van der Waals surface area contributed by atoms with Crippen LogP contribution in [0.2, 0.25) is 5.02 Å². The van der Waals surface area contributed by atoms with Crippen LogP contribution in [0.15, 0.2) is 28.3 Å². The first-order valence-corrected chi connectivity index (χ1v) is 6.54. The number of benzene rings is 1. The molecule has 0 spiro atoms. The number of hydrogen-bond donors (Lipinski definition) is 0. The molecule has 0 aliphatic rings. The first-order chi connectivity index (χ1) is 9.63. The van der Waals surface area contributed by atoms with Crippen LogP contribution >= 0.6 is 23.4 Å². The lowest BCUT2D eigenvalue weighted by molar-refractivity contribution is -0.141. The minimum Gasteiger partial charge on any atom is -0.468 e. The van der Waals surface area contributed by atoms with Crippen molar-refractivity contribution in [3.8, 4) is 6.07 Å². The molecular weight excluding hydrogens is 302 g/mol. The molecule has 0 aliphatic carbocycles. The number of nitriles is 1. The van der Waals surface area contributed by atoms with Crippen molar-refractivity contribution in [3.63, 3.8) is 0 Å². The molecule has 0 unspecified atom stereocenters. The van der Waals surface area contributed by atoms with E-state index < -0.39 is 5.97 Å². The average molecular weight is 310 g/mol. The molecule has 1 aromatic heterocycles. The molecule has 0 atom stereocenters. The summed E-state index contributed by atoms with van der Waals surface area (Å²) in [6, 6.07) is 6.94. The first kappa shape index (κ1) is 14.3. The van der Waals surface area contributed by atoms with Gasteiger partial charge >= 0.3 is 5.97 Å². The maximum atomic E-state index is 11.2. The predicted octanol–water partition coefficient (Wildman–Crippen LogP) is 1.52. The van der Waals surface area contributed by atoms with Gasteiger partial charge in [-0.15, -0.1) is 5.10 Å². The summed E-state index contributed by atoms with van der Waals surface area (Å²) < 4.78 is 5.84. The van der Waals surface area contributed by atoms with Gasteiger partial charge in [0.15, 0.2) is 0 Å². The van der Waals surface area contributed by atoms with Crippen molar-refractivity contribution in [2.45, 2.75) is 16.6 Å². The Labute approximate surface area is 123 Å². The third-order valence-electron chi connectivity index (χ3n) is 2.27. The number of hydrogen-bond acceptors (Lipinski definition) is 7. The normalized spacial score (nSPS) is 10.1. The minimum atomic E-state index is -0.467. The number of rotatable bonds is 4. The van der Waals surface area contributed by atoms with Crippen molar-refractivity contribution in [3.05, 3.63) is 28.8 Å². The minimum absolute atomic E-state index is 0.103. The van der Waals surface area contributed by atoms with Crippen LogP contribution in [0.3, 0.4) is 0 Å². The largest absolute Gasteiger partial charge is 0.468 e. The zero-order chi connectivity index (χ0) is 14.5. The third-order valence-corrected chi connectivity index (χ3v) is 3.54. The Kier molecular flexibility index (Phi) is 4.55. The van der Waals surface area contributed by atoms with Crippen LogP contribution in [-0.2, 0) is 16.1 Å². The number of carbonyl (C=O) groups excluding carboxylic acids is 1. The topological polar surface area (TPSA) is 93.7 Å². The number of tetrazole rings is 1. The Bertz CT molecular complexity index is 682. The van der Waals surface area contributed by atoms with E-state index >= 15 is 0 Å². The molecule has 0 saturated heterocycles. The number of carbonyl (C=O) groups is 1. The number of nitrogens with zero attached hydrogens (tertiary/aromatic N) is 5. The molecule has 0 fully saturated rings. The van der Waals surface area contributed by atoms with E-state index in [1.807, 2.05) is 0 Å². The Morgan fingerprint density at radius 1 is 1.60 bits per heavy atom. The molecule has 9 heteroatoms. The van der Waals surface area contributed by atoms with Gasteiger partial charge in [0, 0.05) is 9.92 Å². The van der Waals surface area contributed by atoms with E-state index in [-0.39, 0.29) is 6.54 Å². The molecule has 0 saturated carbocycles. The molecular formula is C11H8ClN5O2S. The molecule has 0 N–H and O–H groups in total.